The number of phenols is 1. The molecule has 41 heavy (non-hydrogen) atoms. The minimum atomic E-state index is -1.19. The van der Waals surface area contributed by atoms with Gasteiger partial charge in [-0.1, -0.05) is 30.3 Å². The third-order valence-electron chi connectivity index (χ3n) is 5.76. The van der Waals surface area contributed by atoms with E-state index in [-0.39, 0.29) is 11.3 Å². The molecule has 0 aliphatic carbocycles. The highest BCUT2D eigenvalue weighted by Gasteiger charge is 2.30. The number of nitriles is 1. The number of phenolic OH excluding ortho intramolecular Hbond substituents is 1. The first-order chi connectivity index (χ1) is 19.8. The van der Waals surface area contributed by atoms with Gasteiger partial charge in [0.25, 0.3) is 0 Å². The van der Waals surface area contributed by atoms with Gasteiger partial charge < -0.3 is 25.6 Å². The van der Waals surface area contributed by atoms with Crippen LogP contribution in [0, 0.1) is 14.9 Å². The summed E-state index contributed by atoms with van der Waals surface area (Å²) in [5.41, 5.74) is 7.88. The van der Waals surface area contributed by atoms with Crippen molar-refractivity contribution < 1.29 is 24.2 Å². The largest absolute Gasteiger partial charge is 0.508 e. The predicted molar refractivity (Wildman–Crippen MR) is 164 cm³/mol. The van der Waals surface area contributed by atoms with Crippen molar-refractivity contribution in [3.05, 3.63) is 124 Å². The van der Waals surface area contributed by atoms with Crippen LogP contribution in [-0.4, -0.2) is 23.2 Å². The molecule has 9 nitrogen and oxygen atoms in total. The number of hydrogen-bond acceptors (Lipinski definition) is 7. The molecule has 5 N–H and O–H groups in total. The zero-order valence-electron chi connectivity index (χ0n) is 21.5. The lowest BCUT2D eigenvalue weighted by atomic mass is 10.0. The third kappa shape index (κ3) is 8.23. The number of benzene rings is 4. The molecule has 0 saturated carbocycles. The van der Waals surface area contributed by atoms with E-state index in [1.165, 1.54) is 18.2 Å². The maximum atomic E-state index is 13.1. The molecular formula is C31H25IN4O5. The van der Waals surface area contributed by atoms with Crippen molar-refractivity contribution in [2.24, 2.45) is 0 Å². The maximum Gasteiger partial charge on any atom is 0.412 e. The number of hydrogen-bond donors (Lipinski definition) is 4. The lowest BCUT2D eigenvalue weighted by Crippen LogP contribution is -2.30. The normalized spacial score (nSPS) is 12.1. The van der Waals surface area contributed by atoms with Crippen LogP contribution >= 0.6 is 22.6 Å². The molecule has 0 aromatic heterocycles. The molecule has 0 aliphatic heterocycles. The lowest BCUT2D eigenvalue weighted by molar-refractivity contribution is -0.112. The van der Waals surface area contributed by atoms with Crippen molar-refractivity contribution in [2.75, 3.05) is 16.4 Å². The molecule has 0 spiro atoms. The van der Waals surface area contributed by atoms with E-state index in [1.54, 1.807) is 84.9 Å². The molecule has 4 rings (SSSR count). The third-order valence-corrected chi connectivity index (χ3v) is 6.43. The van der Waals surface area contributed by atoms with E-state index in [0.29, 0.717) is 28.4 Å². The summed E-state index contributed by atoms with van der Waals surface area (Å²) in [4.78, 5) is 25.9. The highest BCUT2D eigenvalue weighted by atomic mass is 127. The number of para-hydroxylation sites is 3. The Kier molecular flexibility index (Phi) is 9.80. The van der Waals surface area contributed by atoms with Crippen LogP contribution in [0.2, 0.25) is 0 Å². The van der Waals surface area contributed by atoms with Crippen molar-refractivity contribution in [3.63, 3.8) is 0 Å². The Morgan fingerprint density at radius 1 is 0.951 bits per heavy atom. The number of nitrogens with two attached hydrogens (primary N) is 1. The van der Waals surface area contributed by atoms with E-state index in [2.05, 4.69) is 33.2 Å². The smallest absolute Gasteiger partial charge is 0.412 e. The Balaban J connectivity index is 1.66. The topological polar surface area (TPSA) is 147 Å². The van der Waals surface area contributed by atoms with E-state index in [0.717, 1.165) is 3.57 Å². The molecule has 0 aliphatic rings. The Morgan fingerprint density at radius 3 is 2.37 bits per heavy atom. The summed E-state index contributed by atoms with van der Waals surface area (Å²) in [6, 6.07) is 28.7. The van der Waals surface area contributed by atoms with Crippen LogP contribution in [0.5, 0.6) is 11.5 Å². The lowest BCUT2D eigenvalue weighted by Gasteiger charge is -2.27. The minimum Gasteiger partial charge on any atom is -0.508 e. The number of amides is 2. The summed E-state index contributed by atoms with van der Waals surface area (Å²) in [5, 5.41) is 25.1. The van der Waals surface area contributed by atoms with Gasteiger partial charge in [-0.25, -0.2) is 4.79 Å². The summed E-state index contributed by atoms with van der Waals surface area (Å²) < 4.78 is 12.8. The van der Waals surface area contributed by atoms with Gasteiger partial charge in [0, 0.05) is 20.9 Å². The van der Waals surface area contributed by atoms with Crippen LogP contribution in [0.4, 0.5) is 21.9 Å². The van der Waals surface area contributed by atoms with Crippen molar-refractivity contribution >= 4 is 51.7 Å². The number of carbonyl (C=O) groups excluding carboxylic acids is 2. The highest BCUT2D eigenvalue weighted by molar-refractivity contribution is 14.1. The fraction of sp³-hybridized carbons (Fsp3) is 0.0645. The maximum absolute atomic E-state index is 13.1. The van der Waals surface area contributed by atoms with Gasteiger partial charge in [-0.2, -0.15) is 5.26 Å². The van der Waals surface area contributed by atoms with Crippen LogP contribution < -0.4 is 21.1 Å². The molecule has 2 atom stereocenters. The molecule has 10 heteroatoms. The Hall–Kier alpha value is -5.02. The van der Waals surface area contributed by atoms with Gasteiger partial charge in [-0.15, -0.1) is 0 Å². The van der Waals surface area contributed by atoms with Crippen LogP contribution in [0.3, 0.4) is 0 Å². The molecule has 0 radical (unpaired) electrons. The second kappa shape index (κ2) is 13.9. The van der Waals surface area contributed by atoms with E-state index >= 15 is 0 Å². The predicted octanol–water partition coefficient (Wildman–Crippen LogP) is 6.38. The summed E-state index contributed by atoms with van der Waals surface area (Å²) >= 11 is 2.08. The molecule has 4 aromatic rings. The molecule has 0 saturated heterocycles. The number of rotatable bonds is 9. The average Bonchev–Trinajstić information content (AvgIpc) is 2.97. The fourth-order valence-electron chi connectivity index (χ4n) is 3.78. The van der Waals surface area contributed by atoms with Crippen LogP contribution in [0.25, 0.3) is 0 Å². The summed E-state index contributed by atoms with van der Waals surface area (Å²) in [6.07, 6.45) is -0.379. The first-order valence-corrected chi connectivity index (χ1v) is 13.4. The first kappa shape index (κ1) is 29.0. The van der Waals surface area contributed by atoms with Gasteiger partial charge in [-0.05, 0) is 95.4 Å². The quantitative estimate of drug-likeness (QED) is 0.0926. The van der Waals surface area contributed by atoms with Gasteiger partial charge in [0.05, 0.1) is 23.0 Å². The van der Waals surface area contributed by atoms with Crippen LogP contribution in [-0.2, 0) is 9.53 Å². The van der Waals surface area contributed by atoms with E-state index in [1.807, 2.05) is 12.1 Å². The first-order valence-electron chi connectivity index (χ1n) is 12.3. The van der Waals surface area contributed by atoms with Crippen molar-refractivity contribution in [2.45, 2.75) is 12.2 Å². The van der Waals surface area contributed by atoms with Crippen molar-refractivity contribution in [3.8, 4) is 17.6 Å². The van der Waals surface area contributed by atoms with Crippen LogP contribution in [0.15, 0.2) is 109 Å². The Labute approximate surface area is 250 Å². The minimum absolute atomic E-state index is 0.127. The molecule has 206 valence electrons. The summed E-state index contributed by atoms with van der Waals surface area (Å²) in [6.45, 7) is 0. The van der Waals surface area contributed by atoms with Crippen LogP contribution in [0.1, 0.15) is 17.2 Å². The van der Waals surface area contributed by atoms with E-state index in [9.17, 15) is 14.7 Å². The summed E-state index contributed by atoms with van der Waals surface area (Å²) in [7, 11) is 0. The molecular weight excluding hydrogens is 635 g/mol. The Bertz CT molecular complexity index is 1590. The van der Waals surface area contributed by atoms with Gasteiger partial charge in [0.15, 0.2) is 12.2 Å². The monoisotopic (exact) mass is 660 g/mol. The van der Waals surface area contributed by atoms with Gasteiger partial charge in [0.2, 0.25) is 5.91 Å². The number of anilines is 3. The molecule has 0 unspecified atom stereocenters. The standard InChI is InChI=1S/C31H25IN4O5/c32-21-12-15-27(37)24(18-21)30(41-31(39)35-22-13-10-20(19-33)11-14-22)28(40-23-6-2-1-3-7-23)16-17-29(38)36-26-9-5-4-8-25(26)34/h1-18,28,30,37H,34H2,(H,35,39)(H,36,38)/b17-16+/t28-,30-/m1/s1. The van der Waals surface area contributed by atoms with Crippen molar-refractivity contribution in [1.82, 2.24) is 0 Å². The molecule has 2 amide bonds. The number of carbonyl (C=O) groups is 2. The Morgan fingerprint density at radius 2 is 1.66 bits per heavy atom. The molecule has 0 heterocycles. The number of nitrogen functional groups attached to an aromatic ring is 1. The zero-order chi connectivity index (χ0) is 29.2. The number of nitrogens with one attached hydrogen (secondary N) is 2. The molecule has 4 aromatic carbocycles. The number of aromatic hydroxyl groups is 1. The second-order valence-electron chi connectivity index (χ2n) is 8.67. The zero-order valence-corrected chi connectivity index (χ0v) is 23.7. The SMILES string of the molecule is N#Cc1ccc(NC(=O)O[C@H](c2cc(I)ccc2O)[C@@H](/C=C/C(=O)Nc2ccccc2N)Oc2ccccc2)cc1. The highest BCUT2D eigenvalue weighted by Crippen LogP contribution is 2.34. The number of nitrogens with zero attached hydrogens (tertiary/aromatic N) is 1. The average molecular weight is 660 g/mol. The number of halogens is 1. The second-order valence-corrected chi connectivity index (χ2v) is 9.92. The van der Waals surface area contributed by atoms with E-state index < -0.39 is 24.2 Å². The number of ether oxygens (including phenoxy) is 2. The molecule has 0 bridgehead atoms. The van der Waals surface area contributed by atoms with Crippen molar-refractivity contribution in [1.29, 1.82) is 5.26 Å². The van der Waals surface area contributed by atoms with Gasteiger partial charge in [-0.3, -0.25) is 10.1 Å². The molecule has 0 fully saturated rings. The van der Waals surface area contributed by atoms with Gasteiger partial charge >= 0.3 is 6.09 Å². The van der Waals surface area contributed by atoms with Gasteiger partial charge in [0.1, 0.15) is 11.5 Å². The fourth-order valence-corrected chi connectivity index (χ4v) is 4.29. The van der Waals surface area contributed by atoms with E-state index in [4.69, 9.17) is 20.5 Å². The summed E-state index contributed by atoms with van der Waals surface area (Å²) in [5.74, 6) is -0.170.